The molecule has 0 aliphatic rings. The van der Waals surface area contributed by atoms with Crippen LogP contribution in [0.3, 0.4) is 0 Å². The Morgan fingerprint density at radius 2 is 2.05 bits per heavy atom. The number of rotatable bonds is 5. The van der Waals surface area contributed by atoms with E-state index in [0.29, 0.717) is 10.9 Å². The van der Waals surface area contributed by atoms with E-state index in [1.54, 1.807) is 13.8 Å². The lowest BCUT2D eigenvalue weighted by Crippen LogP contribution is -2.19. The topological polar surface area (TPSA) is 102 Å². The lowest BCUT2D eigenvalue weighted by Gasteiger charge is -2.03. The number of nitrogens with one attached hydrogen (secondary N) is 2. The molecule has 0 fully saturated rings. The van der Waals surface area contributed by atoms with Gasteiger partial charge in [-0.05, 0) is 13.8 Å². The summed E-state index contributed by atoms with van der Waals surface area (Å²) >= 11 is 1.42. The van der Waals surface area contributed by atoms with Gasteiger partial charge in [0.15, 0.2) is 10.9 Å². The molecule has 9 heteroatoms. The third kappa shape index (κ3) is 4.10. The first-order chi connectivity index (χ1) is 10.3. The molecule has 2 aromatic rings. The van der Waals surface area contributed by atoms with Gasteiger partial charge in [0.1, 0.15) is 6.54 Å². The number of amides is 2. The number of carbonyl (C=O) groups is 2. The van der Waals surface area contributed by atoms with E-state index < -0.39 is 0 Å². The Labute approximate surface area is 131 Å². The number of nitrogens with zero attached hydrogens (tertiary/aromatic N) is 4. The summed E-state index contributed by atoms with van der Waals surface area (Å²) in [6, 6.07) is 0. The quantitative estimate of drug-likeness (QED) is 0.870. The first kappa shape index (κ1) is 16.1. The molecule has 8 nitrogen and oxygen atoms in total. The minimum absolute atomic E-state index is 0.00221. The van der Waals surface area contributed by atoms with Crippen molar-refractivity contribution in [2.75, 3.05) is 10.6 Å². The molecule has 2 aromatic heterocycles. The van der Waals surface area contributed by atoms with Gasteiger partial charge in [0, 0.05) is 10.8 Å². The molecule has 0 radical (unpaired) electrons. The fraction of sp³-hybridized carbons (Fsp3) is 0.462. The van der Waals surface area contributed by atoms with Crippen LogP contribution in [-0.4, -0.2) is 31.8 Å². The fourth-order valence-electron chi connectivity index (χ4n) is 1.54. The molecule has 2 rings (SSSR count). The highest BCUT2D eigenvalue weighted by Gasteiger charge is 2.12. The minimum atomic E-state index is -0.250. The van der Waals surface area contributed by atoms with E-state index in [1.807, 2.05) is 13.8 Å². The molecule has 0 saturated heterocycles. The van der Waals surface area contributed by atoms with Gasteiger partial charge in [-0.25, -0.2) is 9.67 Å². The number of carbonyl (C=O) groups excluding carboxylic acids is 2. The van der Waals surface area contributed by atoms with Crippen LogP contribution in [0, 0.1) is 19.8 Å². The lowest BCUT2D eigenvalue weighted by molar-refractivity contribution is -0.119. The van der Waals surface area contributed by atoms with Crippen LogP contribution < -0.4 is 10.6 Å². The summed E-state index contributed by atoms with van der Waals surface area (Å²) < 4.78 is 1.36. The largest absolute Gasteiger partial charge is 0.308 e. The number of anilines is 2. The van der Waals surface area contributed by atoms with Gasteiger partial charge in [-0.1, -0.05) is 19.1 Å². The predicted molar refractivity (Wildman–Crippen MR) is 83.7 cm³/mol. The maximum atomic E-state index is 11.9. The van der Waals surface area contributed by atoms with Crippen LogP contribution in [0.15, 0.2) is 6.20 Å². The molecule has 0 aliphatic carbocycles. The summed E-state index contributed by atoms with van der Waals surface area (Å²) in [5, 5.41) is 13.5. The van der Waals surface area contributed by atoms with E-state index in [9.17, 15) is 9.59 Å². The molecule has 0 unspecified atom stereocenters. The summed E-state index contributed by atoms with van der Waals surface area (Å²) in [6.45, 7) is 7.41. The van der Waals surface area contributed by atoms with E-state index in [0.717, 1.165) is 10.6 Å². The van der Waals surface area contributed by atoms with E-state index in [-0.39, 0.29) is 24.3 Å². The van der Waals surface area contributed by atoms with Crippen molar-refractivity contribution in [3.63, 3.8) is 0 Å². The van der Waals surface area contributed by atoms with Crippen molar-refractivity contribution in [1.82, 2.24) is 20.0 Å². The number of hydrogen-bond donors (Lipinski definition) is 2. The Morgan fingerprint density at radius 3 is 2.64 bits per heavy atom. The molecule has 0 atom stereocenters. The molecular formula is C13H18N6O2S. The van der Waals surface area contributed by atoms with Crippen molar-refractivity contribution >= 4 is 34.1 Å². The van der Waals surface area contributed by atoms with Crippen molar-refractivity contribution < 1.29 is 9.59 Å². The minimum Gasteiger partial charge on any atom is -0.308 e. The number of aryl methyl sites for hydroxylation is 2. The molecule has 0 spiro atoms. The maximum absolute atomic E-state index is 11.9. The molecule has 0 aromatic carbocycles. The molecule has 118 valence electrons. The van der Waals surface area contributed by atoms with Crippen LogP contribution in [0.5, 0.6) is 0 Å². The number of aromatic nitrogens is 4. The summed E-state index contributed by atoms with van der Waals surface area (Å²) in [6.07, 6.45) is 1.51. The standard InChI is InChI=1S/C13H18N6O2S/c1-7(2)12(21)15-10-5-19(18-17-10)6-11(20)16-13-14-8(3)9(4)22-13/h5,7H,6H2,1-4H3,(H,15,21)(H,14,16,20). The molecule has 0 aliphatic heterocycles. The Bertz CT molecular complexity index is 671. The molecular weight excluding hydrogens is 304 g/mol. The van der Waals surface area contributed by atoms with Gasteiger partial charge < -0.3 is 10.6 Å². The van der Waals surface area contributed by atoms with E-state index in [4.69, 9.17) is 0 Å². The summed E-state index contributed by atoms with van der Waals surface area (Å²) in [4.78, 5) is 28.8. The van der Waals surface area contributed by atoms with Gasteiger partial charge >= 0.3 is 0 Å². The Morgan fingerprint density at radius 1 is 1.32 bits per heavy atom. The SMILES string of the molecule is Cc1nc(NC(=O)Cn2cc(NC(=O)C(C)C)nn2)sc1C. The molecule has 2 N–H and O–H groups in total. The second-order valence-corrected chi connectivity index (χ2v) is 6.36. The molecule has 0 saturated carbocycles. The van der Waals surface area contributed by atoms with Crippen LogP contribution in [0.2, 0.25) is 0 Å². The van der Waals surface area contributed by atoms with Crippen molar-refractivity contribution in [2.24, 2.45) is 5.92 Å². The van der Waals surface area contributed by atoms with E-state index in [2.05, 4.69) is 25.9 Å². The molecule has 22 heavy (non-hydrogen) atoms. The van der Waals surface area contributed by atoms with Crippen LogP contribution >= 0.6 is 11.3 Å². The highest BCUT2D eigenvalue weighted by Crippen LogP contribution is 2.20. The van der Waals surface area contributed by atoms with Crippen molar-refractivity contribution in [3.8, 4) is 0 Å². The zero-order valence-electron chi connectivity index (χ0n) is 12.9. The summed E-state index contributed by atoms with van der Waals surface area (Å²) in [5.41, 5.74) is 0.903. The predicted octanol–water partition coefficient (Wildman–Crippen LogP) is 1.58. The van der Waals surface area contributed by atoms with E-state index in [1.165, 1.54) is 22.2 Å². The Balaban J connectivity index is 1.92. The first-order valence-corrected chi connectivity index (χ1v) is 7.61. The first-order valence-electron chi connectivity index (χ1n) is 6.80. The fourth-order valence-corrected chi connectivity index (χ4v) is 2.37. The zero-order chi connectivity index (χ0) is 16.3. The monoisotopic (exact) mass is 322 g/mol. The van der Waals surface area contributed by atoms with E-state index >= 15 is 0 Å². The second-order valence-electron chi connectivity index (χ2n) is 5.15. The van der Waals surface area contributed by atoms with Gasteiger partial charge in [-0.3, -0.25) is 9.59 Å². The van der Waals surface area contributed by atoms with Crippen LogP contribution in [0.4, 0.5) is 10.9 Å². The van der Waals surface area contributed by atoms with Crippen molar-refractivity contribution in [2.45, 2.75) is 34.2 Å². The van der Waals surface area contributed by atoms with Crippen LogP contribution in [0.1, 0.15) is 24.4 Å². The van der Waals surface area contributed by atoms with Gasteiger partial charge in [0.25, 0.3) is 0 Å². The average Bonchev–Trinajstić information content (AvgIpc) is 2.97. The molecule has 2 heterocycles. The maximum Gasteiger partial charge on any atom is 0.247 e. The molecule has 2 amide bonds. The van der Waals surface area contributed by atoms with Gasteiger partial charge in [-0.15, -0.1) is 16.4 Å². The van der Waals surface area contributed by atoms with Crippen LogP contribution in [-0.2, 0) is 16.1 Å². The highest BCUT2D eigenvalue weighted by molar-refractivity contribution is 7.15. The Kier molecular flexibility index (Phi) is 4.86. The van der Waals surface area contributed by atoms with Gasteiger partial charge in [0.05, 0.1) is 11.9 Å². The normalized spacial score (nSPS) is 10.8. The third-order valence-electron chi connectivity index (χ3n) is 2.89. The zero-order valence-corrected chi connectivity index (χ0v) is 13.7. The number of hydrogen-bond acceptors (Lipinski definition) is 6. The number of thiazole rings is 1. The average molecular weight is 322 g/mol. The Hall–Kier alpha value is -2.29. The smallest absolute Gasteiger partial charge is 0.247 e. The van der Waals surface area contributed by atoms with Crippen molar-refractivity contribution in [1.29, 1.82) is 0 Å². The lowest BCUT2D eigenvalue weighted by atomic mass is 10.2. The van der Waals surface area contributed by atoms with Crippen LogP contribution in [0.25, 0.3) is 0 Å². The van der Waals surface area contributed by atoms with Gasteiger partial charge in [-0.2, -0.15) is 0 Å². The third-order valence-corrected chi connectivity index (χ3v) is 3.88. The summed E-state index contributed by atoms with van der Waals surface area (Å²) in [5.74, 6) is -0.220. The second kappa shape index (κ2) is 6.65. The highest BCUT2D eigenvalue weighted by atomic mass is 32.1. The summed E-state index contributed by atoms with van der Waals surface area (Å²) in [7, 11) is 0. The molecule has 0 bridgehead atoms. The van der Waals surface area contributed by atoms with Gasteiger partial charge in [0.2, 0.25) is 11.8 Å². The van der Waals surface area contributed by atoms with Crippen molar-refractivity contribution in [3.05, 3.63) is 16.8 Å².